The van der Waals surface area contributed by atoms with E-state index in [9.17, 15) is 0 Å². The van der Waals surface area contributed by atoms with E-state index in [1.165, 1.54) is 27.7 Å². The molecule has 20 heavy (non-hydrogen) atoms. The molecule has 0 aliphatic heterocycles. The van der Waals surface area contributed by atoms with Crippen molar-refractivity contribution in [3.05, 3.63) is 12.1 Å². The lowest BCUT2D eigenvalue weighted by atomic mass is 10.1. The van der Waals surface area contributed by atoms with Crippen molar-refractivity contribution in [1.29, 1.82) is 0 Å². The Morgan fingerprint density at radius 3 is 2.85 bits per heavy atom. The van der Waals surface area contributed by atoms with Crippen LogP contribution >= 0.6 is 23.1 Å². The number of nitrogens with zero attached hydrogens (tertiary/aromatic N) is 7. The maximum Gasteiger partial charge on any atom is 0.206 e. The van der Waals surface area contributed by atoms with Gasteiger partial charge in [-0.15, -0.1) is 25.0 Å². The Kier molecular flexibility index (Phi) is 3.26. The van der Waals surface area contributed by atoms with E-state index in [0.717, 1.165) is 14.5 Å². The third kappa shape index (κ3) is 3.02. The van der Waals surface area contributed by atoms with Crippen molar-refractivity contribution >= 4 is 33.9 Å². The van der Waals surface area contributed by atoms with Gasteiger partial charge in [0.05, 0.1) is 0 Å². The van der Waals surface area contributed by atoms with E-state index in [-0.39, 0.29) is 5.54 Å². The van der Waals surface area contributed by atoms with E-state index < -0.39 is 0 Å². The molecule has 0 atom stereocenters. The zero-order valence-electron chi connectivity index (χ0n) is 11.1. The van der Waals surface area contributed by atoms with Gasteiger partial charge in [0.15, 0.2) is 9.99 Å². The Bertz CT molecular complexity index is 728. The summed E-state index contributed by atoms with van der Waals surface area (Å²) in [6.45, 7) is 6.23. The second kappa shape index (κ2) is 4.94. The molecule has 10 heteroatoms. The quantitative estimate of drug-likeness (QED) is 0.782. The van der Waals surface area contributed by atoms with Crippen LogP contribution < -0.4 is 5.32 Å². The van der Waals surface area contributed by atoms with Gasteiger partial charge in [-0.3, -0.25) is 0 Å². The average Bonchev–Trinajstić information content (AvgIpc) is 2.96. The van der Waals surface area contributed by atoms with Gasteiger partial charge >= 0.3 is 0 Å². The molecule has 3 aromatic heterocycles. The van der Waals surface area contributed by atoms with Gasteiger partial charge in [-0.05, 0) is 55.1 Å². The highest BCUT2D eigenvalue weighted by molar-refractivity contribution is 8.01. The fourth-order valence-corrected chi connectivity index (χ4v) is 3.26. The molecule has 0 fully saturated rings. The number of tetrazole rings is 1. The Morgan fingerprint density at radius 1 is 1.20 bits per heavy atom. The molecule has 0 aliphatic rings. The molecule has 3 rings (SSSR count). The number of hydrogen-bond acceptors (Lipinski definition) is 9. The minimum Gasteiger partial charge on any atom is -0.355 e. The summed E-state index contributed by atoms with van der Waals surface area (Å²) in [5, 5.41) is 28.5. The highest BCUT2D eigenvalue weighted by Gasteiger charge is 2.14. The first-order valence-corrected chi connectivity index (χ1v) is 7.48. The van der Waals surface area contributed by atoms with Crippen molar-refractivity contribution in [2.24, 2.45) is 0 Å². The Hall–Kier alpha value is -1.81. The number of rotatable bonds is 3. The number of nitrogens with one attached hydrogen (secondary N) is 1. The standard InChI is InChI=1S/C10H12N8S2/c1-10(2,3)11-8-13-14-9(20-8)19-7-5-4-6-12-16-17-18(6)15-7/h4-5H,1-3H3,(H,11,13). The van der Waals surface area contributed by atoms with Gasteiger partial charge in [-0.2, -0.15) is 0 Å². The number of anilines is 1. The first kappa shape index (κ1) is 13.2. The summed E-state index contributed by atoms with van der Waals surface area (Å²) in [7, 11) is 0. The summed E-state index contributed by atoms with van der Waals surface area (Å²) in [5.74, 6) is 0. The van der Waals surface area contributed by atoms with Crippen molar-refractivity contribution in [3.8, 4) is 0 Å². The molecule has 104 valence electrons. The van der Waals surface area contributed by atoms with Gasteiger partial charge < -0.3 is 5.32 Å². The predicted octanol–water partition coefficient (Wildman–Crippen LogP) is 1.73. The molecule has 0 unspecified atom stereocenters. The van der Waals surface area contributed by atoms with Crippen molar-refractivity contribution in [3.63, 3.8) is 0 Å². The van der Waals surface area contributed by atoms with Crippen LogP contribution in [-0.4, -0.2) is 41.0 Å². The maximum absolute atomic E-state index is 4.28. The Labute approximate surface area is 123 Å². The monoisotopic (exact) mass is 308 g/mol. The highest BCUT2D eigenvalue weighted by atomic mass is 32.2. The summed E-state index contributed by atoms with van der Waals surface area (Å²) in [6.07, 6.45) is 0. The minimum atomic E-state index is -0.0367. The summed E-state index contributed by atoms with van der Waals surface area (Å²) < 4.78 is 2.20. The fourth-order valence-electron chi connectivity index (χ4n) is 1.40. The molecule has 0 radical (unpaired) electrons. The van der Waals surface area contributed by atoms with Crippen molar-refractivity contribution in [2.75, 3.05) is 5.32 Å². The molecular weight excluding hydrogens is 296 g/mol. The van der Waals surface area contributed by atoms with Gasteiger partial charge in [-0.25, -0.2) is 0 Å². The minimum absolute atomic E-state index is 0.0367. The normalized spacial score (nSPS) is 11.9. The molecule has 0 aromatic carbocycles. The second-order valence-corrected chi connectivity index (χ2v) is 7.29. The molecular formula is C10H12N8S2. The Morgan fingerprint density at radius 2 is 2.05 bits per heavy atom. The largest absolute Gasteiger partial charge is 0.355 e. The van der Waals surface area contributed by atoms with E-state index in [1.54, 1.807) is 0 Å². The van der Waals surface area contributed by atoms with Gasteiger partial charge in [0.25, 0.3) is 0 Å². The number of fused-ring (bicyclic) bond motifs is 1. The summed E-state index contributed by atoms with van der Waals surface area (Å²) in [5.41, 5.74) is 0.576. The van der Waals surface area contributed by atoms with Crippen molar-refractivity contribution in [1.82, 2.24) is 35.5 Å². The third-order valence-electron chi connectivity index (χ3n) is 2.13. The van der Waals surface area contributed by atoms with Crippen LogP contribution in [0.2, 0.25) is 0 Å². The van der Waals surface area contributed by atoms with Crippen LogP contribution in [0, 0.1) is 0 Å². The lowest BCUT2D eigenvalue weighted by molar-refractivity contribution is 0.631. The maximum atomic E-state index is 4.28. The molecule has 8 nitrogen and oxygen atoms in total. The van der Waals surface area contributed by atoms with E-state index in [4.69, 9.17) is 0 Å². The Balaban J connectivity index is 1.77. The lowest BCUT2D eigenvalue weighted by Gasteiger charge is -2.18. The van der Waals surface area contributed by atoms with E-state index in [0.29, 0.717) is 5.65 Å². The zero-order chi connectivity index (χ0) is 14.2. The van der Waals surface area contributed by atoms with Gasteiger partial charge in [-0.1, -0.05) is 11.3 Å². The van der Waals surface area contributed by atoms with Crippen molar-refractivity contribution < 1.29 is 0 Å². The fraction of sp³-hybridized carbons (Fsp3) is 0.400. The van der Waals surface area contributed by atoms with Crippen LogP contribution in [0.5, 0.6) is 0 Å². The molecule has 3 aromatic rings. The zero-order valence-corrected chi connectivity index (χ0v) is 12.7. The first-order chi connectivity index (χ1) is 9.49. The average molecular weight is 308 g/mol. The van der Waals surface area contributed by atoms with Gasteiger partial charge in [0.2, 0.25) is 5.13 Å². The van der Waals surface area contributed by atoms with E-state index in [2.05, 4.69) is 56.9 Å². The lowest BCUT2D eigenvalue weighted by Crippen LogP contribution is -2.25. The SMILES string of the molecule is CC(C)(C)Nc1nnc(Sc2ccc3nnnn3n2)s1. The summed E-state index contributed by atoms with van der Waals surface area (Å²) >= 11 is 2.92. The van der Waals surface area contributed by atoms with Gasteiger partial charge in [0.1, 0.15) is 5.03 Å². The molecule has 0 saturated heterocycles. The second-order valence-electron chi connectivity index (χ2n) is 5.05. The smallest absolute Gasteiger partial charge is 0.206 e. The topological polar surface area (TPSA) is 93.8 Å². The number of aromatic nitrogens is 7. The van der Waals surface area contributed by atoms with Crippen LogP contribution in [0.25, 0.3) is 5.65 Å². The third-order valence-corrected chi connectivity index (χ3v) is 3.94. The van der Waals surface area contributed by atoms with Crippen LogP contribution in [0.15, 0.2) is 21.5 Å². The van der Waals surface area contributed by atoms with Crippen LogP contribution in [0.1, 0.15) is 20.8 Å². The molecule has 0 bridgehead atoms. The molecule has 0 amide bonds. The van der Waals surface area contributed by atoms with E-state index >= 15 is 0 Å². The molecule has 3 heterocycles. The summed E-state index contributed by atoms with van der Waals surface area (Å²) in [6, 6.07) is 3.67. The first-order valence-electron chi connectivity index (χ1n) is 5.85. The molecule has 0 spiro atoms. The molecule has 0 aliphatic carbocycles. The van der Waals surface area contributed by atoms with E-state index in [1.807, 2.05) is 12.1 Å². The summed E-state index contributed by atoms with van der Waals surface area (Å²) in [4.78, 5) is 0. The number of hydrogen-bond donors (Lipinski definition) is 1. The van der Waals surface area contributed by atoms with Crippen LogP contribution in [-0.2, 0) is 0 Å². The van der Waals surface area contributed by atoms with Crippen LogP contribution in [0.3, 0.4) is 0 Å². The van der Waals surface area contributed by atoms with Crippen molar-refractivity contribution in [2.45, 2.75) is 35.7 Å². The molecule has 1 N–H and O–H groups in total. The predicted molar refractivity (Wildman–Crippen MR) is 76.0 cm³/mol. The van der Waals surface area contributed by atoms with Gasteiger partial charge in [0, 0.05) is 5.54 Å². The highest BCUT2D eigenvalue weighted by Crippen LogP contribution is 2.31. The van der Waals surface area contributed by atoms with Crippen LogP contribution in [0.4, 0.5) is 5.13 Å². The molecule has 0 saturated carbocycles.